The quantitative estimate of drug-likeness (QED) is 0.797. The van der Waals surface area contributed by atoms with Crippen molar-refractivity contribution in [3.05, 3.63) is 65.2 Å². The number of hydrogen-bond acceptors (Lipinski definition) is 3. The van der Waals surface area contributed by atoms with Gasteiger partial charge in [0.25, 0.3) is 5.91 Å². The van der Waals surface area contributed by atoms with E-state index in [4.69, 9.17) is 5.73 Å². The second kappa shape index (κ2) is 9.71. The van der Waals surface area contributed by atoms with Gasteiger partial charge in [-0.3, -0.25) is 9.59 Å². The Morgan fingerprint density at radius 1 is 1.04 bits per heavy atom. The van der Waals surface area contributed by atoms with Gasteiger partial charge in [-0.25, -0.2) is 0 Å². The molecular formula is C22H28ClN3O2. The number of rotatable bonds is 5. The highest BCUT2D eigenvalue weighted by atomic mass is 35.5. The average molecular weight is 402 g/mol. The number of likely N-dealkylation sites (tertiary alicyclic amines) is 1. The molecule has 1 fully saturated rings. The van der Waals surface area contributed by atoms with Gasteiger partial charge in [-0.2, -0.15) is 0 Å². The van der Waals surface area contributed by atoms with Crippen molar-refractivity contribution < 1.29 is 9.59 Å². The van der Waals surface area contributed by atoms with E-state index in [-0.39, 0.29) is 24.2 Å². The van der Waals surface area contributed by atoms with Gasteiger partial charge in [0.2, 0.25) is 5.91 Å². The zero-order valence-corrected chi connectivity index (χ0v) is 17.2. The van der Waals surface area contributed by atoms with E-state index in [2.05, 4.69) is 5.32 Å². The maximum atomic E-state index is 12.9. The predicted molar refractivity (Wildman–Crippen MR) is 115 cm³/mol. The standard InChI is InChI=1S/C22H27N3O2.ClH/c1-15-9-8-12-18(19(15)22(27)25-13-6-7-14-25)24-21(26)16(2)20(23)17-10-4-3-5-11-17;/h3-5,8-12,16,20H,6-7,13-14,23H2,1-2H3,(H,24,26);1H. The summed E-state index contributed by atoms with van der Waals surface area (Å²) in [6.07, 6.45) is 2.06. The number of hydrogen-bond donors (Lipinski definition) is 2. The van der Waals surface area contributed by atoms with Gasteiger partial charge in [0, 0.05) is 19.1 Å². The molecule has 1 saturated heterocycles. The summed E-state index contributed by atoms with van der Waals surface area (Å²) in [4.78, 5) is 27.6. The van der Waals surface area contributed by atoms with Crippen molar-refractivity contribution in [3.8, 4) is 0 Å². The largest absolute Gasteiger partial charge is 0.339 e. The zero-order valence-electron chi connectivity index (χ0n) is 16.4. The van der Waals surface area contributed by atoms with Gasteiger partial charge in [0.05, 0.1) is 17.2 Å². The van der Waals surface area contributed by atoms with E-state index in [1.165, 1.54) is 0 Å². The summed E-state index contributed by atoms with van der Waals surface area (Å²) < 4.78 is 0. The highest BCUT2D eigenvalue weighted by Gasteiger charge is 2.26. The number of halogens is 1. The molecule has 0 aromatic heterocycles. The van der Waals surface area contributed by atoms with Crippen molar-refractivity contribution in [1.29, 1.82) is 0 Å². The first-order valence-electron chi connectivity index (χ1n) is 9.49. The molecule has 1 heterocycles. The number of amides is 2. The minimum atomic E-state index is -0.428. The second-order valence-electron chi connectivity index (χ2n) is 7.21. The first kappa shape index (κ1) is 21.9. The molecule has 2 aromatic rings. The first-order chi connectivity index (χ1) is 13.0. The number of nitrogens with zero attached hydrogens (tertiary/aromatic N) is 1. The van der Waals surface area contributed by atoms with Crippen LogP contribution in [0.1, 0.15) is 47.3 Å². The van der Waals surface area contributed by atoms with Gasteiger partial charge in [-0.05, 0) is 37.0 Å². The highest BCUT2D eigenvalue weighted by molar-refractivity contribution is 6.05. The molecule has 0 radical (unpaired) electrons. The van der Waals surface area contributed by atoms with E-state index in [1.807, 2.05) is 61.2 Å². The SMILES string of the molecule is Cc1cccc(NC(=O)C(C)C(N)c2ccccc2)c1C(=O)N1CCCC1.Cl. The minimum Gasteiger partial charge on any atom is -0.339 e. The van der Waals surface area contributed by atoms with Crippen LogP contribution in [-0.2, 0) is 4.79 Å². The smallest absolute Gasteiger partial charge is 0.256 e. The lowest BCUT2D eigenvalue weighted by Gasteiger charge is -2.23. The monoisotopic (exact) mass is 401 g/mol. The van der Waals surface area contributed by atoms with Crippen LogP contribution in [-0.4, -0.2) is 29.8 Å². The number of nitrogens with one attached hydrogen (secondary N) is 1. The van der Waals surface area contributed by atoms with E-state index in [1.54, 1.807) is 6.07 Å². The molecule has 5 nitrogen and oxygen atoms in total. The molecule has 0 saturated carbocycles. The zero-order chi connectivity index (χ0) is 19.4. The maximum Gasteiger partial charge on any atom is 0.256 e. The summed E-state index contributed by atoms with van der Waals surface area (Å²) in [5.41, 5.74) is 9.20. The molecule has 6 heteroatoms. The number of nitrogens with two attached hydrogens (primary N) is 1. The lowest BCUT2D eigenvalue weighted by molar-refractivity contribution is -0.120. The Kier molecular flexibility index (Phi) is 7.61. The van der Waals surface area contributed by atoms with Gasteiger partial charge in [0.1, 0.15) is 0 Å². The van der Waals surface area contributed by atoms with E-state index >= 15 is 0 Å². The Bertz CT molecular complexity index is 820. The molecule has 0 aliphatic carbocycles. The Morgan fingerprint density at radius 2 is 1.68 bits per heavy atom. The lowest BCUT2D eigenvalue weighted by atomic mass is 9.94. The van der Waals surface area contributed by atoms with E-state index in [9.17, 15) is 9.59 Å². The Hall–Kier alpha value is -2.37. The van der Waals surface area contributed by atoms with Crippen LogP contribution in [0.2, 0.25) is 0 Å². The lowest BCUT2D eigenvalue weighted by Crippen LogP contribution is -2.32. The van der Waals surface area contributed by atoms with E-state index in [0.29, 0.717) is 11.3 Å². The van der Waals surface area contributed by atoms with E-state index in [0.717, 1.165) is 37.1 Å². The summed E-state index contributed by atoms with van der Waals surface area (Å²) in [7, 11) is 0. The molecule has 0 spiro atoms. The molecule has 2 unspecified atom stereocenters. The Balaban J connectivity index is 0.00000280. The number of aryl methyl sites for hydroxylation is 1. The van der Waals surface area contributed by atoms with Crippen molar-refractivity contribution in [2.24, 2.45) is 11.7 Å². The molecule has 150 valence electrons. The molecule has 2 amide bonds. The third kappa shape index (κ3) is 4.72. The second-order valence-corrected chi connectivity index (χ2v) is 7.21. The molecule has 0 bridgehead atoms. The van der Waals surface area contributed by atoms with Crippen LogP contribution in [0, 0.1) is 12.8 Å². The summed E-state index contributed by atoms with van der Waals surface area (Å²) in [5, 5.41) is 2.94. The van der Waals surface area contributed by atoms with Crippen LogP contribution in [0.4, 0.5) is 5.69 Å². The van der Waals surface area contributed by atoms with Crippen molar-refractivity contribution in [3.63, 3.8) is 0 Å². The fraction of sp³-hybridized carbons (Fsp3) is 0.364. The third-order valence-corrected chi connectivity index (χ3v) is 5.27. The van der Waals surface area contributed by atoms with Gasteiger partial charge < -0.3 is 16.0 Å². The fourth-order valence-electron chi connectivity index (χ4n) is 3.51. The summed E-state index contributed by atoms with van der Waals surface area (Å²) in [6, 6.07) is 14.7. The van der Waals surface area contributed by atoms with E-state index < -0.39 is 12.0 Å². The third-order valence-electron chi connectivity index (χ3n) is 5.27. The van der Waals surface area contributed by atoms with Crippen LogP contribution in [0.5, 0.6) is 0 Å². The Labute approximate surface area is 172 Å². The number of anilines is 1. The van der Waals surface area contributed by atoms with Crippen LogP contribution < -0.4 is 11.1 Å². The highest BCUT2D eigenvalue weighted by Crippen LogP contribution is 2.26. The summed E-state index contributed by atoms with van der Waals surface area (Å²) >= 11 is 0. The summed E-state index contributed by atoms with van der Waals surface area (Å²) in [6.45, 7) is 5.26. The fourth-order valence-corrected chi connectivity index (χ4v) is 3.51. The normalized spacial score (nSPS) is 15.5. The van der Waals surface area contributed by atoms with Crippen LogP contribution in [0.25, 0.3) is 0 Å². The predicted octanol–water partition coefficient (Wildman–Crippen LogP) is 3.93. The molecule has 1 aliphatic heterocycles. The summed E-state index contributed by atoms with van der Waals surface area (Å²) in [5.74, 6) is -0.629. The van der Waals surface area contributed by atoms with Gasteiger partial charge in [0.15, 0.2) is 0 Å². The maximum absolute atomic E-state index is 12.9. The topological polar surface area (TPSA) is 75.4 Å². The van der Waals surface area contributed by atoms with Crippen LogP contribution >= 0.6 is 12.4 Å². The average Bonchev–Trinajstić information content (AvgIpc) is 3.22. The number of benzene rings is 2. The van der Waals surface area contributed by atoms with Crippen molar-refractivity contribution in [2.75, 3.05) is 18.4 Å². The number of carbonyl (C=O) groups excluding carboxylic acids is 2. The molecule has 1 aliphatic rings. The molecular weight excluding hydrogens is 374 g/mol. The van der Waals surface area contributed by atoms with Gasteiger partial charge in [-0.1, -0.05) is 49.4 Å². The Morgan fingerprint density at radius 3 is 2.32 bits per heavy atom. The van der Waals surface area contributed by atoms with Crippen molar-refractivity contribution in [2.45, 2.75) is 32.7 Å². The van der Waals surface area contributed by atoms with Crippen molar-refractivity contribution >= 4 is 29.9 Å². The van der Waals surface area contributed by atoms with Crippen molar-refractivity contribution in [1.82, 2.24) is 4.90 Å². The molecule has 2 aromatic carbocycles. The number of carbonyl (C=O) groups is 2. The molecule has 28 heavy (non-hydrogen) atoms. The molecule has 3 rings (SSSR count). The van der Waals surface area contributed by atoms with Gasteiger partial charge >= 0.3 is 0 Å². The first-order valence-corrected chi connectivity index (χ1v) is 9.49. The van der Waals surface area contributed by atoms with Gasteiger partial charge in [-0.15, -0.1) is 12.4 Å². The van der Waals surface area contributed by atoms with Crippen LogP contribution in [0.3, 0.4) is 0 Å². The molecule has 2 atom stereocenters. The minimum absolute atomic E-state index is 0. The molecule has 3 N–H and O–H groups in total. The van der Waals surface area contributed by atoms with Crippen LogP contribution in [0.15, 0.2) is 48.5 Å².